The van der Waals surface area contributed by atoms with E-state index >= 15 is 0 Å². The van der Waals surface area contributed by atoms with Crippen molar-refractivity contribution in [2.45, 2.75) is 39.0 Å². The number of pyridine rings is 1. The summed E-state index contributed by atoms with van der Waals surface area (Å²) in [5, 5.41) is 12.8. The number of aromatic amines is 1. The Balaban J connectivity index is 1.42. The van der Waals surface area contributed by atoms with Crippen LogP contribution in [0.3, 0.4) is 0 Å². The number of nitrogens with zero attached hydrogens (tertiary/aromatic N) is 2. The number of amides is 1. The molecule has 2 saturated carbocycles. The number of hydrogen-bond acceptors (Lipinski definition) is 5. The fourth-order valence-electron chi connectivity index (χ4n) is 4.26. The molecular formula is C24H25N5O3S. The maximum absolute atomic E-state index is 12.7. The van der Waals surface area contributed by atoms with Crippen LogP contribution in [-0.4, -0.2) is 30.0 Å². The van der Waals surface area contributed by atoms with E-state index in [1.165, 1.54) is 0 Å². The molecule has 0 atom stereocenters. The van der Waals surface area contributed by atoms with Crippen molar-refractivity contribution >= 4 is 38.5 Å². The highest BCUT2D eigenvalue weighted by Crippen LogP contribution is 2.49. The number of carbonyl (C=O) groups excluding carboxylic acids is 1. The number of sulfonamides is 1. The number of anilines is 2. The van der Waals surface area contributed by atoms with E-state index in [1.807, 2.05) is 25.1 Å². The minimum Gasteiger partial charge on any atom is -0.346 e. The quantitative estimate of drug-likeness (QED) is 0.458. The number of aryl methyl sites for hydroxylation is 1. The van der Waals surface area contributed by atoms with Gasteiger partial charge in [-0.3, -0.25) is 9.52 Å². The number of nitriles is 1. The molecule has 2 aliphatic rings. The fraction of sp³-hybridized carbons (Fsp3) is 0.375. The molecule has 0 saturated heterocycles. The summed E-state index contributed by atoms with van der Waals surface area (Å²) in [5.41, 5.74) is 3.50. The second-order valence-electron chi connectivity index (χ2n) is 9.28. The van der Waals surface area contributed by atoms with E-state index in [0.29, 0.717) is 17.2 Å². The predicted molar refractivity (Wildman–Crippen MR) is 127 cm³/mol. The summed E-state index contributed by atoms with van der Waals surface area (Å²) in [6.45, 7) is 1.92. The molecule has 8 nitrogen and oxygen atoms in total. The van der Waals surface area contributed by atoms with E-state index in [-0.39, 0.29) is 24.0 Å². The molecule has 33 heavy (non-hydrogen) atoms. The maximum Gasteiger partial charge on any atom is 0.233 e. The van der Waals surface area contributed by atoms with Crippen LogP contribution in [0.1, 0.15) is 37.7 Å². The van der Waals surface area contributed by atoms with Crippen molar-refractivity contribution < 1.29 is 13.2 Å². The molecule has 1 amide bonds. The Kier molecular flexibility index (Phi) is 5.13. The highest BCUT2D eigenvalue weighted by atomic mass is 32.2. The molecule has 0 radical (unpaired) electrons. The summed E-state index contributed by atoms with van der Waals surface area (Å²) in [6.07, 6.45) is 5.44. The van der Waals surface area contributed by atoms with E-state index in [4.69, 9.17) is 5.26 Å². The Morgan fingerprint density at radius 2 is 2.03 bits per heavy atom. The van der Waals surface area contributed by atoms with Crippen LogP contribution in [0.2, 0.25) is 0 Å². The van der Waals surface area contributed by atoms with Crippen LogP contribution >= 0.6 is 0 Å². The first-order chi connectivity index (χ1) is 15.8. The lowest BCUT2D eigenvalue weighted by Crippen LogP contribution is -2.23. The summed E-state index contributed by atoms with van der Waals surface area (Å²) in [5.74, 6) is 0.526. The van der Waals surface area contributed by atoms with Gasteiger partial charge in [0.05, 0.1) is 11.8 Å². The molecule has 0 bridgehead atoms. The molecule has 0 aliphatic heterocycles. The topological polar surface area (TPSA) is 128 Å². The lowest BCUT2D eigenvalue weighted by atomic mass is 9.98. The molecule has 3 aromatic rings. The van der Waals surface area contributed by atoms with Crippen LogP contribution in [0.15, 0.2) is 36.5 Å². The Bertz CT molecular complexity index is 1400. The van der Waals surface area contributed by atoms with Gasteiger partial charge in [-0.05, 0) is 79.0 Å². The number of nitrogens with one attached hydrogen (secondary N) is 3. The van der Waals surface area contributed by atoms with Crippen LogP contribution in [0.5, 0.6) is 0 Å². The minimum atomic E-state index is -3.56. The number of aromatic nitrogens is 2. The van der Waals surface area contributed by atoms with E-state index < -0.39 is 15.4 Å². The first-order valence-electron chi connectivity index (χ1n) is 11.1. The lowest BCUT2D eigenvalue weighted by molar-refractivity contribution is -0.117. The smallest absolute Gasteiger partial charge is 0.233 e. The van der Waals surface area contributed by atoms with Crippen molar-refractivity contribution in [2.24, 2.45) is 11.3 Å². The molecule has 9 heteroatoms. The van der Waals surface area contributed by atoms with Gasteiger partial charge in [0.1, 0.15) is 11.5 Å². The standard InChI is InChI=1S/C24H25N5O3S/c1-15-12-17(29-33(31,32)14-24(7-8-24)9-10-25)4-5-18(15)20-13-21(28-23(30)16-2-3-16)27-22-19(20)6-11-26-22/h4-6,11-13,16,29H,2-3,7-9,14H2,1H3,(H2,26,27,28,30). The number of rotatable bonds is 8. The van der Waals surface area contributed by atoms with Gasteiger partial charge < -0.3 is 10.3 Å². The van der Waals surface area contributed by atoms with Crippen molar-refractivity contribution in [1.29, 1.82) is 5.26 Å². The van der Waals surface area contributed by atoms with Gasteiger partial charge in [0.15, 0.2) is 0 Å². The van der Waals surface area contributed by atoms with Crippen molar-refractivity contribution in [3.63, 3.8) is 0 Å². The van der Waals surface area contributed by atoms with Crippen LogP contribution in [-0.2, 0) is 14.8 Å². The molecule has 2 heterocycles. The predicted octanol–water partition coefficient (Wildman–Crippen LogP) is 4.32. The normalized spacial score (nSPS) is 16.8. The molecule has 1 aromatic carbocycles. The summed E-state index contributed by atoms with van der Waals surface area (Å²) in [4.78, 5) is 19.9. The highest BCUT2D eigenvalue weighted by molar-refractivity contribution is 7.92. The molecule has 2 aliphatic carbocycles. The second kappa shape index (κ2) is 7.89. The van der Waals surface area contributed by atoms with Gasteiger partial charge in [-0.25, -0.2) is 13.4 Å². The monoisotopic (exact) mass is 463 g/mol. The van der Waals surface area contributed by atoms with Crippen LogP contribution in [0, 0.1) is 29.6 Å². The molecule has 3 N–H and O–H groups in total. The van der Waals surface area contributed by atoms with Gasteiger partial charge >= 0.3 is 0 Å². The first kappa shape index (κ1) is 21.5. The zero-order chi connectivity index (χ0) is 23.2. The van der Waals surface area contributed by atoms with Crippen LogP contribution in [0.4, 0.5) is 11.5 Å². The molecule has 0 unspecified atom stereocenters. The molecular weight excluding hydrogens is 438 g/mol. The highest BCUT2D eigenvalue weighted by Gasteiger charge is 2.46. The second-order valence-corrected chi connectivity index (χ2v) is 11.0. The summed E-state index contributed by atoms with van der Waals surface area (Å²) in [6, 6.07) is 11.3. The Labute approximate surface area is 192 Å². The summed E-state index contributed by atoms with van der Waals surface area (Å²) >= 11 is 0. The Hall–Kier alpha value is -3.38. The number of carbonyl (C=O) groups is 1. The SMILES string of the molecule is Cc1cc(NS(=O)(=O)CC2(CC#N)CC2)ccc1-c1cc(NC(=O)C2CC2)nc2[nH]ccc12. The van der Waals surface area contributed by atoms with Crippen LogP contribution < -0.4 is 10.0 Å². The van der Waals surface area contributed by atoms with Crippen molar-refractivity contribution in [2.75, 3.05) is 15.8 Å². The van der Waals surface area contributed by atoms with Crippen molar-refractivity contribution in [3.05, 3.63) is 42.1 Å². The Morgan fingerprint density at radius 1 is 1.24 bits per heavy atom. The molecule has 2 aromatic heterocycles. The van der Waals surface area contributed by atoms with Gasteiger partial charge in [-0.15, -0.1) is 0 Å². The van der Waals surface area contributed by atoms with Gasteiger partial charge in [-0.1, -0.05) is 6.07 Å². The number of hydrogen-bond donors (Lipinski definition) is 3. The zero-order valence-corrected chi connectivity index (χ0v) is 19.1. The van der Waals surface area contributed by atoms with E-state index in [2.05, 4.69) is 26.1 Å². The van der Waals surface area contributed by atoms with Gasteiger partial charge in [-0.2, -0.15) is 5.26 Å². The number of H-pyrrole nitrogens is 1. The number of fused-ring (bicyclic) bond motifs is 1. The van der Waals surface area contributed by atoms with Gasteiger partial charge in [0, 0.05) is 29.6 Å². The van der Waals surface area contributed by atoms with Gasteiger partial charge in [0.25, 0.3) is 0 Å². The van der Waals surface area contributed by atoms with Crippen LogP contribution in [0.25, 0.3) is 22.2 Å². The van der Waals surface area contributed by atoms with E-state index in [1.54, 1.807) is 18.3 Å². The third kappa shape index (κ3) is 4.57. The largest absolute Gasteiger partial charge is 0.346 e. The average molecular weight is 464 g/mol. The lowest BCUT2D eigenvalue weighted by Gasteiger charge is -2.15. The molecule has 2 fully saturated rings. The molecule has 170 valence electrons. The first-order valence-corrected chi connectivity index (χ1v) is 12.7. The third-order valence-electron chi connectivity index (χ3n) is 6.43. The Morgan fingerprint density at radius 3 is 2.70 bits per heavy atom. The average Bonchev–Trinajstić information content (AvgIpc) is 3.66. The molecule has 0 spiro atoms. The zero-order valence-electron chi connectivity index (χ0n) is 18.3. The van der Waals surface area contributed by atoms with Crippen molar-refractivity contribution in [3.8, 4) is 17.2 Å². The van der Waals surface area contributed by atoms with Crippen molar-refractivity contribution in [1.82, 2.24) is 9.97 Å². The number of benzene rings is 1. The van der Waals surface area contributed by atoms with E-state index in [0.717, 1.165) is 47.8 Å². The van der Waals surface area contributed by atoms with E-state index in [9.17, 15) is 13.2 Å². The summed E-state index contributed by atoms with van der Waals surface area (Å²) < 4.78 is 28.0. The fourth-order valence-corrected chi connectivity index (χ4v) is 6.02. The molecule has 5 rings (SSSR count). The minimum absolute atomic E-state index is 0.00864. The maximum atomic E-state index is 12.7. The summed E-state index contributed by atoms with van der Waals surface area (Å²) in [7, 11) is -3.56. The van der Waals surface area contributed by atoms with Gasteiger partial charge in [0.2, 0.25) is 15.9 Å². The third-order valence-corrected chi connectivity index (χ3v) is 7.96.